The zero-order valence-corrected chi connectivity index (χ0v) is 19.2. The highest BCUT2D eigenvalue weighted by atomic mass is 19.4. The van der Waals surface area contributed by atoms with Gasteiger partial charge in [0.2, 0.25) is 0 Å². The van der Waals surface area contributed by atoms with Crippen LogP contribution in [0.1, 0.15) is 104 Å². The molecule has 0 aliphatic carbocycles. The number of hydrogen-bond acceptors (Lipinski definition) is 2. The van der Waals surface area contributed by atoms with Crippen molar-refractivity contribution in [2.45, 2.75) is 116 Å². The summed E-state index contributed by atoms with van der Waals surface area (Å²) in [7, 11) is 0. The highest BCUT2D eigenvalue weighted by Crippen LogP contribution is 2.35. The van der Waals surface area contributed by atoms with Gasteiger partial charge in [-0.1, -0.05) is 90.9 Å². The van der Waals surface area contributed by atoms with Gasteiger partial charge in [0.05, 0.1) is 6.61 Å². The molecule has 0 N–H and O–H groups in total. The summed E-state index contributed by atoms with van der Waals surface area (Å²) in [4.78, 5) is 2.16. The third kappa shape index (κ3) is 16.3. The van der Waals surface area contributed by atoms with E-state index in [4.69, 9.17) is 0 Å². The smallest absolute Gasteiger partial charge is 0.373 e. The minimum absolute atomic E-state index is 0.0985. The van der Waals surface area contributed by atoms with Gasteiger partial charge in [-0.15, -0.1) is 0 Å². The predicted octanol–water partition coefficient (Wildman–Crippen LogP) is 8.00. The maximum Gasteiger partial charge on any atom is 0.455 e. The van der Waals surface area contributed by atoms with Crippen LogP contribution >= 0.6 is 0 Å². The van der Waals surface area contributed by atoms with E-state index in [0.29, 0.717) is 6.54 Å². The number of ether oxygens (including phenoxy) is 1. The van der Waals surface area contributed by atoms with Gasteiger partial charge in [0, 0.05) is 6.54 Å². The fourth-order valence-electron chi connectivity index (χ4n) is 3.40. The van der Waals surface area contributed by atoms with E-state index in [-0.39, 0.29) is 6.61 Å². The van der Waals surface area contributed by atoms with E-state index in [2.05, 4.69) is 23.5 Å². The maximum atomic E-state index is 12.9. The van der Waals surface area contributed by atoms with Crippen LogP contribution in [0.2, 0.25) is 0 Å². The normalized spacial score (nSPS) is 12.8. The quantitative estimate of drug-likeness (QED) is 0.131. The topological polar surface area (TPSA) is 12.5 Å². The summed E-state index contributed by atoms with van der Waals surface area (Å²) in [6.07, 6.45) is 11.1. The average molecular weight is 446 g/mol. The molecule has 0 aliphatic heterocycles. The van der Waals surface area contributed by atoms with Crippen LogP contribution in [0.15, 0.2) is 0 Å². The highest BCUT2D eigenvalue weighted by Gasteiger charge is 2.57. The van der Waals surface area contributed by atoms with Crippen LogP contribution in [0.25, 0.3) is 0 Å². The van der Waals surface area contributed by atoms with Crippen molar-refractivity contribution in [1.82, 2.24) is 4.90 Å². The Morgan fingerprint density at radius 2 is 0.967 bits per heavy atom. The molecule has 0 aromatic rings. The summed E-state index contributed by atoms with van der Waals surface area (Å²) in [6.45, 7) is 4.78. The number of halogens is 5. The molecule has 0 radical (unpaired) electrons. The molecule has 0 aromatic heterocycles. The van der Waals surface area contributed by atoms with Crippen molar-refractivity contribution < 1.29 is 26.7 Å². The van der Waals surface area contributed by atoms with E-state index in [1.807, 2.05) is 0 Å². The molecule has 30 heavy (non-hydrogen) atoms. The summed E-state index contributed by atoms with van der Waals surface area (Å²) < 4.78 is 67.2. The van der Waals surface area contributed by atoms with Crippen molar-refractivity contribution in [3.63, 3.8) is 0 Å². The Labute approximate surface area is 180 Å². The van der Waals surface area contributed by atoms with E-state index >= 15 is 0 Å². The fourth-order valence-corrected chi connectivity index (χ4v) is 3.40. The Morgan fingerprint density at radius 1 is 0.567 bits per heavy atom. The van der Waals surface area contributed by atoms with Gasteiger partial charge in [0.15, 0.2) is 0 Å². The van der Waals surface area contributed by atoms with Crippen LogP contribution in [0, 0.1) is 0 Å². The number of hydrogen-bond donors (Lipinski definition) is 0. The summed E-state index contributed by atoms with van der Waals surface area (Å²) in [5.41, 5.74) is 0. The SMILES string of the molecule is CCCCCCCCCN(CCCCCCCCC)CCOCC(F)(F)C(F)(F)F. The Morgan fingerprint density at radius 3 is 1.37 bits per heavy atom. The van der Waals surface area contributed by atoms with Crippen molar-refractivity contribution in [1.29, 1.82) is 0 Å². The van der Waals surface area contributed by atoms with E-state index in [0.717, 1.165) is 38.8 Å². The van der Waals surface area contributed by atoms with Gasteiger partial charge >= 0.3 is 12.1 Å². The molecule has 0 heterocycles. The first kappa shape index (κ1) is 29.6. The lowest BCUT2D eigenvalue weighted by Gasteiger charge is -2.24. The maximum absolute atomic E-state index is 12.9. The Hall–Kier alpha value is -0.430. The molecule has 0 saturated heterocycles. The molecule has 0 saturated carbocycles. The summed E-state index contributed by atoms with van der Waals surface area (Å²) >= 11 is 0. The van der Waals surface area contributed by atoms with Gasteiger partial charge in [0.1, 0.15) is 6.61 Å². The molecule has 0 spiro atoms. The number of nitrogens with zero attached hydrogens (tertiary/aromatic N) is 1. The van der Waals surface area contributed by atoms with Crippen molar-refractivity contribution in [3.8, 4) is 0 Å². The van der Waals surface area contributed by atoms with Crippen LogP contribution in [0.5, 0.6) is 0 Å². The van der Waals surface area contributed by atoms with Crippen molar-refractivity contribution in [3.05, 3.63) is 0 Å². The van der Waals surface area contributed by atoms with E-state index in [1.54, 1.807) is 0 Å². The second kappa shape index (κ2) is 18.2. The van der Waals surface area contributed by atoms with E-state index in [1.165, 1.54) is 64.2 Å². The first-order valence-corrected chi connectivity index (χ1v) is 12.0. The minimum atomic E-state index is -5.55. The monoisotopic (exact) mass is 445 g/mol. The van der Waals surface area contributed by atoms with Gasteiger partial charge < -0.3 is 9.64 Å². The van der Waals surface area contributed by atoms with Gasteiger partial charge in [-0.25, -0.2) is 0 Å². The lowest BCUT2D eigenvalue weighted by atomic mass is 10.1. The third-order valence-electron chi connectivity index (χ3n) is 5.41. The second-order valence-electron chi connectivity index (χ2n) is 8.34. The van der Waals surface area contributed by atoms with Gasteiger partial charge in [0.25, 0.3) is 0 Å². The molecular formula is C23H44F5NO. The second-order valence-corrected chi connectivity index (χ2v) is 8.34. The molecule has 0 amide bonds. The Balaban J connectivity index is 4.13. The summed E-state index contributed by atoms with van der Waals surface area (Å²) in [6, 6.07) is 0. The van der Waals surface area contributed by atoms with Crippen LogP contribution < -0.4 is 0 Å². The van der Waals surface area contributed by atoms with Gasteiger partial charge in [-0.3, -0.25) is 0 Å². The molecule has 0 rings (SSSR count). The third-order valence-corrected chi connectivity index (χ3v) is 5.41. The lowest BCUT2D eigenvalue weighted by molar-refractivity contribution is -0.296. The predicted molar refractivity (Wildman–Crippen MR) is 114 cm³/mol. The average Bonchev–Trinajstić information content (AvgIpc) is 2.68. The van der Waals surface area contributed by atoms with Gasteiger partial charge in [-0.2, -0.15) is 22.0 Å². The number of alkyl halides is 5. The molecular weight excluding hydrogens is 401 g/mol. The first-order chi connectivity index (χ1) is 14.2. The molecule has 0 unspecified atom stereocenters. The molecule has 182 valence electrons. The Bertz CT molecular complexity index is 359. The first-order valence-electron chi connectivity index (χ1n) is 12.0. The van der Waals surface area contributed by atoms with E-state index < -0.39 is 18.7 Å². The Kier molecular flexibility index (Phi) is 17.9. The molecule has 0 aliphatic rings. The standard InChI is InChI=1S/C23H44F5NO/c1-3-5-7-9-11-13-15-17-29(18-16-14-12-10-8-6-4-2)19-20-30-21-22(24,25)23(26,27)28/h3-21H2,1-2H3. The largest absolute Gasteiger partial charge is 0.455 e. The number of unbranched alkanes of at least 4 members (excludes halogenated alkanes) is 12. The van der Waals surface area contributed by atoms with E-state index in [9.17, 15) is 22.0 Å². The molecule has 0 atom stereocenters. The van der Waals surface area contributed by atoms with Crippen molar-refractivity contribution in [2.24, 2.45) is 0 Å². The van der Waals surface area contributed by atoms with Crippen LogP contribution in [-0.4, -0.2) is 49.8 Å². The van der Waals surface area contributed by atoms with Crippen molar-refractivity contribution >= 4 is 0 Å². The summed E-state index contributed by atoms with van der Waals surface area (Å²) in [5.74, 6) is -4.78. The molecule has 0 bridgehead atoms. The zero-order chi connectivity index (χ0) is 22.7. The lowest BCUT2D eigenvalue weighted by Crippen LogP contribution is -2.41. The molecule has 2 nitrogen and oxygen atoms in total. The van der Waals surface area contributed by atoms with Crippen LogP contribution in [-0.2, 0) is 4.74 Å². The van der Waals surface area contributed by atoms with Crippen LogP contribution in [0.4, 0.5) is 22.0 Å². The number of rotatable bonds is 21. The molecule has 0 fully saturated rings. The minimum Gasteiger partial charge on any atom is -0.373 e. The van der Waals surface area contributed by atoms with Crippen LogP contribution in [0.3, 0.4) is 0 Å². The van der Waals surface area contributed by atoms with Gasteiger partial charge in [-0.05, 0) is 25.9 Å². The summed E-state index contributed by atoms with van der Waals surface area (Å²) in [5, 5.41) is 0. The highest BCUT2D eigenvalue weighted by molar-refractivity contribution is 4.75. The van der Waals surface area contributed by atoms with Crippen molar-refractivity contribution in [2.75, 3.05) is 32.8 Å². The zero-order valence-electron chi connectivity index (χ0n) is 19.2. The fraction of sp³-hybridized carbons (Fsp3) is 1.00. The molecule has 0 aromatic carbocycles. The molecule has 7 heteroatoms.